The summed E-state index contributed by atoms with van der Waals surface area (Å²) in [5, 5.41) is 23.4. The summed E-state index contributed by atoms with van der Waals surface area (Å²) >= 11 is 3.30. The maximum atomic E-state index is 10.8. The van der Waals surface area contributed by atoms with Crippen LogP contribution in [0.5, 0.6) is 0 Å². The predicted molar refractivity (Wildman–Crippen MR) is 64.5 cm³/mol. The number of nitrogens with zero attached hydrogens (tertiary/aromatic N) is 2. The Morgan fingerprint density at radius 2 is 2.24 bits per heavy atom. The Morgan fingerprint density at radius 3 is 2.71 bits per heavy atom. The Morgan fingerprint density at radius 1 is 1.59 bits per heavy atom. The Labute approximate surface area is 108 Å². The molecular formula is C11H15BrN2O3. The number of carboxylic acids is 1. The molecule has 0 unspecified atom stereocenters. The lowest BCUT2D eigenvalue weighted by molar-refractivity contribution is -0.145. The number of aromatic nitrogens is 2. The van der Waals surface area contributed by atoms with Crippen LogP contribution in [0.4, 0.5) is 0 Å². The first-order valence-electron chi connectivity index (χ1n) is 5.62. The highest BCUT2D eigenvalue weighted by Gasteiger charge is 2.36. The topological polar surface area (TPSA) is 75.3 Å². The van der Waals surface area contributed by atoms with E-state index in [1.165, 1.54) is 0 Å². The fourth-order valence-electron chi connectivity index (χ4n) is 2.29. The van der Waals surface area contributed by atoms with Crippen molar-refractivity contribution in [1.29, 1.82) is 0 Å². The van der Waals surface area contributed by atoms with Crippen LogP contribution >= 0.6 is 15.9 Å². The second-order valence-electron chi connectivity index (χ2n) is 4.69. The zero-order valence-electron chi connectivity index (χ0n) is 9.34. The first-order valence-corrected chi connectivity index (χ1v) is 6.41. The molecule has 2 N–H and O–H groups in total. The van der Waals surface area contributed by atoms with Gasteiger partial charge in [-0.05, 0) is 41.6 Å². The largest absolute Gasteiger partial charge is 0.481 e. The van der Waals surface area contributed by atoms with E-state index >= 15 is 0 Å². The van der Waals surface area contributed by atoms with Crippen molar-refractivity contribution in [3.8, 4) is 0 Å². The van der Waals surface area contributed by atoms with E-state index < -0.39 is 11.6 Å². The van der Waals surface area contributed by atoms with E-state index in [2.05, 4.69) is 21.0 Å². The molecule has 5 nitrogen and oxygen atoms in total. The van der Waals surface area contributed by atoms with Crippen LogP contribution in [0.15, 0.2) is 16.9 Å². The van der Waals surface area contributed by atoms with Crippen molar-refractivity contribution in [1.82, 2.24) is 9.78 Å². The smallest absolute Gasteiger partial charge is 0.306 e. The summed E-state index contributed by atoms with van der Waals surface area (Å²) in [5.74, 6) is -1.06. The van der Waals surface area contributed by atoms with E-state index in [1.54, 1.807) is 17.1 Å². The van der Waals surface area contributed by atoms with Crippen molar-refractivity contribution in [2.45, 2.75) is 37.8 Å². The summed E-state index contributed by atoms with van der Waals surface area (Å²) in [6.07, 6.45) is 5.58. The van der Waals surface area contributed by atoms with Crippen LogP contribution in [0.2, 0.25) is 0 Å². The second kappa shape index (κ2) is 4.78. The van der Waals surface area contributed by atoms with Gasteiger partial charge in [0.05, 0.1) is 28.7 Å². The Balaban J connectivity index is 1.95. The van der Waals surface area contributed by atoms with Crippen molar-refractivity contribution in [3.63, 3.8) is 0 Å². The Bertz CT molecular complexity index is 411. The lowest BCUT2D eigenvalue weighted by atomic mass is 9.79. The third-order valence-corrected chi connectivity index (χ3v) is 3.73. The van der Waals surface area contributed by atoms with Gasteiger partial charge in [0, 0.05) is 6.20 Å². The molecule has 0 radical (unpaired) electrons. The molecule has 1 heterocycles. The molecule has 17 heavy (non-hydrogen) atoms. The second-order valence-corrected chi connectivity index (χ2v) is 5.61. The SMILES string of the molecule is O=C(O)C1CCC(O)(Cn2cc(Br)cn2)CC1. The van der Waals surface area contributed by atoms with Gasteiger partial charge in [-0.25, -0.2) is 0 Å². The van der Waals surface area contributed by atoms with Crippen LogP contribution in [-0.2, 0) is 11.3 Å². The quantitative estimate of drug-likeness (QED) is 0.890. The van der Waals surface area contributed by atoms with Crippen molar-refractivity contribution >= 4 is 21.9 Å². The van der Waals surface area contributed by atoms with Crippen LogP contribution in [-0.4, -0.2) is 31.6 Å². The fraction of sp³-hybridized carbons (Fsp3) is 0.636. The molecule has 2 rings (SSSR count). The highest BCUT2D eigenvalue weighted by molar-refractivity contribution is 9.10. The summed E-state index contributed by atoms with van der Waals surface area (Å²) in [6, 6.07) is 0. The Hall–Kier alpha value is -0.880. The summed E-state index contributed by atoms with van der Waals surface area (Å²) in [7, 11) is 0. The normalized spacial score (nSPS) is 29.2. The molecule has 1 aliphatic carbocycles. The number of aliphatic carboxylic acids is 1. The average Bonchev–Trinajstić information content (AvgIpc) is 2.63. The standard InChI is InChI=1S/C11H15BrN2O3/c12-9-5-13-14(6-9)7-11(17)3-1-8(2-4-11)10(15)16/h5-6,8,17H,1-4,7H2,(H,15,16). The minimum Gasteiger partial charge on any atom is -0.481 e. The van der Waals surface area contributed by atoms with Crippen LogP contribution in [0.25, 0.3) is 0 Å². The molecule has 1 fully saturated rings. The number of halogens is 1. The van der Waals surface area contributed by atoms with Crippen LogP contribution in [0.1, 0.15) is 25.7 Å². The Kier molecular flexibility index (Phi) is 3.53. The van der Waals surface area contributed by atoms with Crippen LogP contribution in [0, 0.1) is 5.92 Å². The zero-order valence-corrected chi connectivity index (χ0v) is 10.9. The predicted octanol–water partition coefficient (Wildman–Crippen LogP) is 1.65. The maximum absolute atomic E-state index is 10.8. The number of carbonyl (C=O) groups is 1. The van der Waals surface area contributed by atoms with Crippen molar-refractivity contribution in [2.75, 3.05) is 0 Å². The lowest BCUT2D eigenvalue weighted by Crippen LogP contribution is -2.39. The lowest BCUT2D eigenvalue weighted by Gasteiger charge is -2.34. The number of hydrogen-bond donors (Lipinski definition) is 2. The summed E-state index contributed by atoms with van der Waals surface area (Å²) in [4.78, 5) is 10.8. The van der Waals surface area contributed by atoms with Crippen molar-refractivity contribution in [3.05, 3.63) is 16.9 Å². The van der Waals surface area contributed by atoms with Gasteiger partial charge >= 0.3 is 5.97 Å². The van der Waals surface area contributed by atoms with Gasteiger partial charge in [0.2, 0.25) is 0 Å². The van der Waals surface area contributed by atoms with E-state index in [0.717, 1.165) is 4.47 Å². The molecule has 0 atom stereocenters. The van der Waals surface area contributed by atoms with Gasteiger partial charge < -0.3 is 10.2 Å². The van der Waals surface area contributed by atoms with Gasteiger partial charge in [-0.3, -0.25) is 9.48 Å². The van der Waals surface area contributed by atoms with Crippen molar-refractivity contribution < 1.29 is 15.0 Å². The number of aliphatic hydroxyl groups is 1. The zero-order chi connectivity index (χ0) is 12.5. The summed E-state index contributed by atoms with van der Waals surface area (Å²) in [6.45, 7) is 0.422. The minimum atomic E-state index is -0.822. The molecule has 1 aliphatic rings. The van der Waals surface area contributed by atoms with Gasteiger partial charge in [0.1, 0.15) is 0 Å². The van der Waals surface area contributed by atoms with Gasteiger partial charge in [0.15, 0.2) is 0 Å². The van der Waals surface area contributed by atoms with Gasteiger partial charge in [-0.2, -0.15) is 5.10 Å². The molecule has 0 aromatic carbocycles. The molecule has 0 saturated heterocycles. The molecule has 94 valence electrons. The van der Waals surface area contributed by atoms with E-state index in [9.17, 15) is 9.90 Å². The fourth-order valence-corrected chi connectivity index (χ4v) is 2.61. The summed E-state index contributed by atoms with van der Waals surface area (Å²) < 4.78 is 2.56. The molecule has 0 bridgehead atoms. The van der Waals surface area contributed by atoms with Crippen molar-refractivity contribution in [2.24, 2.45) is 5.92 Å². The van der Waals surface area contributed by atoms with Gasteiger partial charge in [-0.1, -0.05) is 0 Å². The third kappa shape index (κ3) is 3.07. The molecule has 0 amide bonds. The number of rotatable bonds is 3. The van der Waals surface area contributed by atoms with E-state index in [-0.39, 0.29) is 5.92 Å². The monoisotopic (exact) mass is 302 g/mol. The third-order valence-electron chi connectivity index (χ3n) is 3.32. The molecular weight excluding hydrogens is 288 g/mol. The summed E-state index contributed by atoms with van der Waals surface area (Å²) in [5.41, 5.74) is -0.822. The molecule has 1 saturated carbocycles. The van der Waals surface area contributed by atoms with Gasteiger partial charge in [-0.15, -0.1) is 0 Å². The van der Waals surface area contributed by atoms with Crippen LogP contribution in [0.3, 0.4) is 0 Å². The molecule has 0 spiro atoms. The van der Waals surface area contributed by atoms with Gasteiger partial charge in [0.25, 0.3) is 0 Å². The highest BCUT2D eigenvalue weighted by atomic mass is 79.9. The van der Waals surface area contributed by atoms with Crippen LogP contribution < -0.4 is 0 Å². The first-order chi connectivity index (χ1) is 7.98. The highest BCUT2D eigenvalue weighted by Crippen LogP contribution is 2.33. The van der Waals surface area contributed by atoms with E-state index in [1.807, 2.05) is 0 Å². The number of hydrogen-bond acceptors (Lipinski definition) is 3. The number of carboxylic acid groups (broad SMARTS) is 1. The molecule has 6 heteroatoms. The average molecular weight is 303 g/mol. The first kappa shape index (κ1) is 12.6. The molecule has 1 aromatic rings. The molecule has 1 aromatic heterocycles. The van der Waals surface area contributed by atoms with E-state index in [4.69, 9.17) is 5.11 Å². The van der Waals surface area contributed by atoms with E-state index in [0.29, 0.717) is 32.2 Å². The minimum absolute atomic E-state index is 0.306. The maximum Gasteiger partial charge on any atom is 0.306 e. The molecule has 0 aliphatic heterocycles.